The largest absolute Gasteiger partial charge is 0.371 e. The van der Waals surface area contributed by atoms with E-state index in [1.807, 2.05) is 0 Å². The van der Waals surface area contributed by atoms with Gasteiger partial charge in [-0.3, -0.25) is 4.98 Å². The van der Waals surface area contributed by atoms with E-state index in [0.717, 1.165) is 5.69 Å². The van der Waals surface area contributed by atoms with Crippen LogP contribution in [0.1, 0.15) is 95.2 Å². The van der Waals surface area contributed by atoms with Gasteiger partial charge in [0.25, 0.3) is 0 Å². The Hall–Kier alpha value is -0.890. The first-order chi connectivity index (χ1) is 10.2. The third kappa shape index (κ3) is 3.22. The van der Waals surface area contributed by atoms with Crippen molar-refractivity contribution in [1.29, 1.82) is 0 Å². The van der Waals surface area contributed by atoms with E-state index in [4.69, 9.17) is 9.72 Å². The van der Waals surface area contributed by atoms with Crippen molar-refractivity contribution >= 4 is 0 Å². The quantitative estimate of drug-likeness (QED) is 0.693. The molecule has 0 aliphatic carbocycles. The molecule has 0 spiro atoms. The highest BCUT2D eigenvalue weighted by molar-refractivity contribution is 5.42. The second-order valence-corrected chi connectivity index (χ2v) is 7.83. The zero-order valence-corrected chi connectivity index (χ0v) is 15.6. The van der Waals surface area contributed by atoms with Gasteiger partial charge >= 0.3 is 0 Å². The van der Waals surface area contributed by atoms with Crippen LogP contribution >= 0.6 is 0 Å². The molecule has 0 saturated carbocycles. The highest BCUT2D eigenvalue weighted by Gasteiger charge is 2.33. The zero-order chi connectivity index (χ0) is 16.6. The van der Waals surface area contributed by atoms with Crippen molar-refractivity contribution in [3.8, 4) is 0 Å². The molecule has 2 nitrogen and oxygen atoms in total. The van der Waals surface area contributed by atoms with E-state index in [1.54, 1.807) is 0 Å². The molecule has 2 heterocycles. The molecule has 124 valence electrons. The van der Waals surface area contributed by atoms with Crippen LogP contribution in [-0.4, -0.2) is 11.1 Å². The van der Waals surface area contributed by atoms with Crippen molar-refractivity contribution in [3.63, 3.8) is 0 Å². The van der Waals surface area contributed by atoms with Gasteiger partial charge in [0, 0.05) is 17.5 Å². The molecule has 1 aromatic rings. The Labute approximate surface area is 136 Å². The summed E-state index contributed by atoms with van der Waals surface area (Å²) >= 11 is 0. The van der Waals surface area contributed by atoms with Crippen LogP contribution in [0.5, 0.6) is 0 Å². The van der Waals surface area contributed by atoms with E-state index in [-0.39, 0.29) is 6.10 Å². The first kappa shape index (κ1) is 17.5. The maximum absolute atomic E-state index is 6.33. The van der Waals surface area contributed by atoms with Gasteiger partial charge in [0.15, 0.2) is 0 Å². The standard InChI is InChI=1S/C20H33NO/c1-11(2)17-9-13(5)15(7)22-16(8)19-14(6)21-10-18(12(3)4)20(17)19/h10-13,15-17H,9H2,1-8H3/t13-,15-,16+,17?/m0/s1. The molecular weight excluding hydrogens is 270 g/mol. The molecule has 1 unspecified atom stereocenters. The number of hydrogen-bond acceptors (Lipinski definition) is 2. The predicted molar refractivity (Wildman–Crippen MR) is 93.4 cm³/mol. The van der Waals surface area contributed by atoms with Crippen LogP contribution in [0, 0.1) is 18.8 Å². The minimum atomic E-state index is 0.125. The zero-order valence-electron chi connectivity index (χ0n) is 15.6. The lowest BCUT2D eigenvalue weighted by atomic mass is 9.74. The Bertz CT molecular complexity index is 521. The number of nitrogens with zero attached hydrogens (tertiary/aromatic N) is 1. The van der Waals surface area contributed by atoms with Gasteiger partial charge in [-0.1, -0.05) is 34.6 Å². The number of aromatic nitrogens is 1. The van der Waals surface area contributed by atoms with Gasteiger partial charge in [0.1, 0.15) is 0 Å². The second-order valence-electron chi connectivity index (χ2n) is 7.83. The predicted octanol–water partition coefficient (Wildman–Crippen LogP) is 5.76. The SMILES string of the molecule is Cc1ncc(C(C)C)c2c1[C@@H](C)O[C@@H](C)[C@@H](C)CC2C(C)C. The van der Waals surface area contributed by atoms with Gasteiger partial charge in [-0.25, -0.2) is 0 Å². The van der Waals surface area contributed by atoms with E-state index in [0.29, 0.717) is 29.8 Å². The van der Waals surface area contributed by atoms with Crippen LogP contribution < -0.4 is 0 Å². The number of pyridine rings is 1. The van der Waals surface area contributed by atoms with Crippen LogP contribution in [0.2, 0.25) is 0 Å². The molecule has 22 heavy (non-hydrogen) atoms. The summed E-state index contributed by atoms with van der Waals surface area (Å²) in [5.41, 5.74) is 5.43. The van der Waals surface area contributed by atoms with Crippen LogP contribution in [0.3, 0.4) is 0 Å². The first-order valence-corrected chi connectivity index (χ1v) is 8.88. The maximum atomic E-state index is 6.33. The summed E-state index contributed by atoms with van der Waals surface area (Å²) in [5, 5.41) is 0. The van der Waals surface area contributed by atoms with Crippen molar-refractivity contribution in [1.82, 2.24) is 4.98 Å². The number of ether oxygens (including phenoxy) is 1. The first-order valence-electron chi connectivity index (χ1n) is 8.88. The van der Waals surface area contributed by atoms with Crippen LogP contribution in [0.4, 0.5) is 0 Å². The normalized spacial score (nSPS) is 29.4. The molecular formula is C20H33NO. The summed E-state index contributed by atoms with van der Waals surface area (Å²) in [5.74, 6) is 2.31. The van der Waals surface area contributed by atoms with E-state index >= 15 is 0 Å². The average molecular weight is 303 g/mol. The molecule has 0 fully saturated rings. The minimum Gasteiger partial charge on any atom is -0.371 e. The lowest BCUT2D eigenvalue weighted by Gasteiger charge is -2.37. The van der Waals surface area contributed by atoms with Gasteiger partial charge in [-0.2, -0.15) is 0 Å². The van der Waals surface area contributed by atoms with Crippen molar-refractivity contribution in [3.05, 3.63) is 28.6 Å². The van der Waals surface area contributed by atoms with E-state index in [9.17, 15) is 0 Å². The van der Waals surface area contributed by atoms with Gasteiger partial charge in [-0.15, -0.1) is 0 Å². The topological polar surface area (TPSA) is 22.1 Å². The molecule has 0 amide bonds. The van der Waals surface area contributed by atoms with Gasteiger partial charge in [-0.05, 0) is 62.0 Å². The van der Waals surface area contributed by atoms with Crippen molar-refractivity contribution < 1.29 is 4.74 Å². The number of rotatable bonds is 2. The summed E-state index contributed by atoms with van der Waals surface area (Å²) < 4.78 is 6.33. The Balaban J connectivity index is 2.70. The highest BCUT2D eigenvalue weighted by atomic mass is 16.5. The fourth-order valence-electron chi connectivity index (χ4n) is 3.88. The smallest absolute Gasteiger partial charge is 0.0820 e. The summed E-state index contributed by atoms with van der Waals surface area (Å²) in [6.45, 7) is 18.2. The van der Waals surface area contributed by atoms with Crippen LogP contribution in [-0.2, 0) is 4.74 Å². The lowest BCUT2D eigenvalue weighted by molar-refractivity contribution is -0.0313. The van der Waals surface area contributed by atoms with Gasteiger partial charge < -0.3 is 4.74 Å². The van der Waals surface area contributed by atoms with Gasteiger partial charge in [0.05, 0.1) is 12.2 Å². The van der Waals surface area contributed by atoms with Crippen molar-refractivity contribution in [2.75, 3.05) is 0 Å². The monoisotopic (exact) mass is 303 g/mol. The van der Waals surface area contributed by atoms with Crippen molar-refractivity contribution in [2.45, 2.75) is 85.9 Å². The number of aryl methyl sites for hydroxylation is 1. The molecule has 0 N–H and O–H groups in total. The van der Waals surface area contributed by atoms with Crippen LogP contribution in [0.15, 0.2) is 6.20 Å². The highest BCUT2D eigenvalue weighted by Crippen LogP contribution is 2.44. The summed E-state index contributed by atoms with van der Waals surface area (Å²) in [4.78, 5) is 4.69. The maximum Gasteiger partial charge on any atom is 0.0820 e. The minimum absolute atomic E-state index is 0.125. The molecule has 4 atom stereocenters. The molecule has 1 aliphatic heterocycles. The fourth-order valence-corrected chi connectivity index (χ4v) is 3.88. The second kappa shape index (κ2) is 6.70. The molecule has 2 heteroatoms. The Morgan fingerprint density at radius 1 is 1.09 bits per heavy atom. The van der Waals surface area contributed by atoms with Crippen molar-refractivity contribution in [2.24, 2.45) is 11.8 Å². The van der Waals surface area contributed by atoms with Gasteiger partial charge in [0.2, 0.25) is 0 Å². The van der Waals surface area contributed by atoms with E-state index in [1.165, 1.54) is 23.1 Å². The summed E-state index contributed by atoms with van der Waals surface area (Å²) in [6, 6.07) is 0. The molecule has 0 bridgehead atoms. The third-order valence-electron chi connectivity index (χ3n) is 5.44. The van der Waals surface area contributed by atoms with E-state index in [2.05, 4.69) is 61.6 Å². The molecule has 1 aromatic heterocycles. The molecule has 2 rings (SSSR count). The Morgan fingerprint density at radius 2 is 1.73 bits per heavy atom. The van der Waals surface area contributed by atoms with E-state index < -0.39 is 0 Å². The number of hydrogen-bond donors (Lipinski definition) is 0. The third-order valence-corrected chi connectivity index (χ3v) is 5.44. The summed E-state index contributed by atoms with van der Waals surface area (Å²) in [6.07, 6.45) is 3.73. The molecule has 0 aromatic carbocycles. The molecule has 0 radical (unpaired) electrons. The molecule has 1 aliphatic rings. The molecule has 0 saturated heterocycles. The van der Waals surface area contributed by atoms with Crippen LogP contribution in [0.25, 0.3) is 0 Å². The Morgan fingerprint density at radius 3 is 2.27 bits per heavy atom. The summed E-state index contributed by atoms with van der Waals surface area (Å²) in [7, 11) is 0. The lowest BCUT2D eigenvalue weighted by Crippen LogP contribution is -2.29. The average Bonchev–Trinajstić information content (AvgIpc) is 2.41. The Kier molecular flexibility index (Phi) is 5.32. The fraction of sp³-hybridized carbons (Fsp3) is 0.750. The number of fused-ring (bicyclic) bond motifs is 1.